The molecule has 3 rings (SSSR count). The van der Waals surface area contributed by atoms with Crippen LogP contribution in [0, 0.1) is 0 Å². The highest BCUT2D eigenvalue weighted by atomic mass is 35.5. The van der Waals surface area contributed by atoms with Gasteiger partial charge in [-0.25, -0.2) is 4.79 Å². The lowest BCUT2D eigenvalue weighted by Gasteiger charge is -2.34. The molecule has 1 saturated heterocycles. The minimum atomic E-state index is -0.306. The minimum absolute atomic E-state index is 0.00877. The van der Waals surface area contributed by atoms with Gasteiger partial charge >= 0.3 is 17.8 Å². The van der Waals surface area contributed by atoms with E-state index in [0.29, 0.717) is 42.8 Å². The SMILES string of the molecule is CC(C)c1nnc(C(=O)N2CCN(C(=O)Nc3cccc(Cl)c3)CC2)o1. The number of halogens is 1. The number of nitrogens with zero attached hydrogens (tertiary/aromatic N) is 4. The Balaban J connectivity index is 1.54. The Hall–Kier alpha value is -2.61. The maximum absolute atomic E-state index is 12.4. The highest BCUT2D eigenvalue weighted by molar-refractivity contribution is 6.30. The number of carbonyl (C=O) groups excluding carboxylic acids is 2. The van der Waals surface area contributed by atoms with Gasteiger partial charge in [-0.2, -0.15) is 0 Å². The molecule has 8 nitrogen and oxygen atoms in total. The fourth-order valence-electron chi connectivity index (χ4n) is 2.57. The lowest BCUT2D eigenvalue weighted by Crippen LogP contribution is -2.51. The van der Waals surface area contributed by atoms with Crippen LogP contribution in [-0.2, 0) is 0 Å². The number of benzene rings is 1. The molecule has 26 heavy (non-hydrogen) atoms. The molecule has 0 aliphatic carbocycles. The summed E-state index contributed by atoms with van der Waals surface area (Å²) >= 11 is 5.92. The second-order valence-electron chi connectivity index (χ2n) is 6.32. The van der Waals surface area contributed by atoms with Crippen molar-refractivity contribution in [1.82, 2.24) is 20.0 Å². The number of anilines is 1. The van der Waals surface area contributed by atoms with Gasteiger partial charge in [0.25, 0.3) is 0 Å². The van der Waals surface area contributed by atoms with Crippen LogP contribution in [0.25, 0.3) is 0 Å². The summed E-state index contributed by atoms with van der Waals surface area (Å²) < 4.78 is 5.41. The molecule has 1 aromatic carbocycles. The zero-order valence-electron chi connectivity index (χ0n) is 14.6. The average Bonchev–Trinajstić information content (AvgIpc) is 3.12. The third-order valence-corrected chi connectivity index (χ3v) is 4.28. The predicted octanol–water partition coefficient (Wildman–Crippen LogP) is 2.84. The van der Waals surface area contributed by atoms with E-state index in [1.54, 1.807) is 34.1 Å². The van der Waals surface area contributed by atoms with Crippen molar-refractivity contribution in [2.24, 2.45) is 0 Å². The zero-order chi connectivity index (χ0) is 18.7. The molecule has 3 amide bonds. The van der Waals surface area contributed by atoms with E-state index >= 15 is 0 Å². The molecular formula is C17H20ClN5O3. The summed E-state index contributed by atoms with van der Waals surface area (Å²) in [5, 5.41) is 11.1. The molecule has 0 spiro atoms. The largest absolute Gasteiger partial charge is 0.417 e. The third kappa shape index (κ3) is 4.13. The first kappa shape index (κ1) is 18.2. The van der Waals surface area contributed by atoms with E-state index in [0.717, 1.165) is 0 Å². The molecule has 1 fully saturated rings. The molecule has 0 saturated carbocycles. The summed E-state index contributed by atoms with van der Waals surface area (Å²) in [5.41, 5.74) is 0.632. The monoisotopic (exact) mass is 377 g/mol. The van der Waals surface area contributed by atoms with Crippen molar-refractivity contribution in [2.45, 2.75) is 19.8 Å². The summed E-state index contributed by atoms with van der Waals surface area (Å²) in [6.07, 6.45) is 0. The number of carbonyl (C=O) groups is 2. The number of rotatable bonds is 3. The van der Waals surface area contributed by atoms with Gasteiger partial charge in [-0.1, -0.05) is 31.5 Å². The van der Waals surface area contributed by atoms with Gasteiger partial charge in [0.15, 0.2) is 0 Å². The fraction of sp³-hybridized carbons (Fsp3) is 0.412. The van der Waals surface area contributed by atoms with E-state index in [-0.39, 0.29) is 23.7 Å². The number of nitrogens with one attached hydrogen (secondary N) is 1. The van der Waals surface area contributed by atoms with Crippen molar-refractivity contribution in [3.05, 3.63) is 41.1 Å². The molecule has 1 aliphatic heterocycles. The highest BCUT2D eigenvalue weighted by Crippen LogP contribution is 2.17. The number of amides is 3. The molecule has 0 bridgehead atoms. The molecule has 1 aliphatic rings. The minimum Gasteiger partial charge on any atom is -0.417 e. The van der Waals surface area contributed by atoms with Crippen LogP contribution < -0.4 is 5.32 Å². The first-order chi connectivity index (χ1) is 12.4. The maximum Gasteiger partial charge on any atom is 0.321 e. The van der Waals surface area contributed by atoms with Crippen molar-refractivity contribution < 1.29 is 14.0 Å². The summed E-state index contributed by atoms with van der Waals surface area (Å²) in [4.78, 5) is 28.0. The van der Waals surface area contributed by atoms with Gasteiger partial charge in [0.2, 0.25) is 5.89 Å². The predicted molar refractivity (Wildman–Crippen MR) is 96.3 cm³/mol. The fourth-order valence-corrected chi connectivity index (χ4v) is 2.76. The van der Waals surface area contributed by atoms with Gasteiger partial charge in [-0.15, -0.1) is 10.2 Å². The summed E-state index contributed by atoms with van der Waals surface area (Å²) in [6.45, 7) is 5.48. The Morgan fingerprint density at radius 1 is 1.15 bits per heavy atom. The lowest BCUT2D eigenvalue weighted by atomic mass is 10.2. The normalized spacial score (nSPS) is 14.6. The number of hydrogen-bond acceptors (Lipinski definition) is 5. The number of aromatic nitrogens is 2. The van der Waals surface area contributed by atoms with Crippen LogP contribution in [0.2, 0.25) is 5.02 Å². The van der Waals surface area contributed by atoms with Crippen molar-refractivity contribution in [1.29, 1.82) is 0 Å². The zero-order valence-corrected chi connectivity index (χ0v) is 15.4. The van der Waals surface area contributed by atoms with E-state index < -0.39 is 0 Å². The van der Waals surface area contributed by atoms with Crippen LogP contribution in [0.1, 0.15) is 36.3 Å². The number of hydrogen-bond donors (Lipinski definition) is 1. The number of piperazine rings is 1. The van der Waals surface area contributed by atoms with E-state index in [9.17, 15) is 9.59 Å². The molecule has 1 aromatic heterocycles. The van der Waals surface area contributed by atoms with Crippen LogP contribution in [0.3, 0.4) is 0 Å². The first-order valence-electron chi connectivity index (χ1n) is 8.38. The van der Waals surface area contributed by atoms with E-state index in [2.05, 4.69) is 15.5 Å². The maximum atomic E-state index is 12.4. The van der Waals surface area contributed by atoms with E-state index in [1.807, 2.05) is 13.8 Å². The topological polar surface area (TPSA) is 91.6 Å². The molecule has 9 heteroatoms. The van der Waals surface area contributed by atoms with Crippen LogP contribution in [0.5, 0.6) is 0 Å². The molecule has 2 heterocycles. The summed E-state index contributed by atoms with van der Waals surface area (Å²) in [7, 11) is 0. The van der Waals surface area contributed by atoms with Crippen molar-refractivity contribution in [2.75, 3.05) is 31.5 Å². The third-order valence-electron chi connectivity index (χ3n) is 4.05. The smallest absolute Gasteiger partial charge is 0.321 e. The van der Waals surface area contributed by atoms with E-state index in [1.165, 1.54) is 0 Å². The van der Waals surface area contributed by atoms with E-state index in [4.69, 9.17) is 16.0 Å². The second-order valence-corrected chi connectivity index (χ2v) is 6.76. The molecule has 138 valence electrons. The Bertz CT molecular complexity index is 799. The van der Waals surface area contributed by atoms with Gasteiger partial charge in [0.1, 0.15) is 0 Å². The van der Waals surface area contributed by atoms with Gasteiger partial charge in [0.05, 0.1) is 0 Å². The molecule has 0 unspecified atom stereocenters. The standard InChI is InChI=1S/C17H20ClN5O3/c1-11(2)14-20-21-15(26-14)16(24)22-6-8-23(9-7-22)17(25)19-13-5-3-4-12(18)10-13/h3-5,10-11H,6-9H2,1-2H3,(H,19,25). The van der Waals surface area contributed by atoms with Crippen LogP contribution in [0.15, 0.2) is 28.7 Å². The average molecular weight is 378 g/mol. The van der Waals surface area contributed by atoms with Gasteiger partial charge < -0.3 is 19.5 Å². The Morgan fingerprint density at radius 2 is 1.85 bits per heavy atom. The Morgan fingerprint density at radius 3 is 2.46 bits per heavy atom. The lowest BCUT2D eigenvalue weighted by molar-refractivity contribution is 0.0630. The summed E-state index contributed by atoms with van der Waals surface area (Å²) in [5.74, 6) is 0.189. The van der Waals surface area contributed by atoms with Crippen molar-refractivity contribution in [3.63, 3.8) is 0 Å². The van der Waals surface area contributed by atoms with Crippen molar-refractivity contribution >= 4 is 29.2 Å². The molecule has 1 N–H and O–H groups in total. The molecule has 0 atom stereocenters. The molecule has 2 aromatic rings. The number of urea groups is 1. The quantitative estimate of drug-likeness (QED) is 0.887. The van der Waals surface area contributed by atoms with Gasteiger partial charge in [-0.3, -0.25) is 4.79 Å². The highest BCUT2D eigenvalue weighted by Gasteiger charge is 2.28. The Labute approximate surface area is 156 Å². The van der Waals surface area contributed by atoms with Crippen LogP contribution >= 0.6 is 11.6 Å². The first-order valence-corrected chi connectivity index (χ1v) is 8.76. The van der Waals surface area contributed by atoms with Crippen molar-refractivity contribution in [3.8, 4) is 0 Å². The molecule has 0 radical (unpaired) electrons. The summed E-state index contributed by atoms with van der Waals surface area (Å²) in [6, 6.07) is 6.74. The van der Waals surface area contributed by atoms with Crippen LogP contribution in [-0.4, -0.2) is 58.1 Å². The van der Waals surface area contributed by atoms with Gasteiger partial charge in [0, 0.05) is 42.8 Å². The molecular weight excluding hydrogens is 358 g/mol. The second kappa shape index (κ2) is 7.74. The van der Waals surface area contributed by atoms with Gasteiger partial charge in [-0.05, 0) is 18.2 Å². The Kier molecular flexibility index (Phi) is 5.41. The van der Waals surface area contributed by atoms with Crippen LogP contribution in [0.4, 0.5) is 10.5 Å².